The molecule has 1 saturated heterocycles. The lowest BCUT2D eigenvalue weighted by atomic mass is 10.0. The lowest BCUT2D eigenvalue weighted by molar-refractivity contribution is 0.0162. The van der Waals surface area contributed by atoms with Crippen LogP contribution in [0.4, 0.5) is 0 Å². The third-order valence-electron chi connectivity index (χ3n) is 4.75. The summed E-state index contributed by atoms with van der Waals surface area (Å²) in [5.74, 6) is -0.0168. The minimum Gasteiger partial charge on any atom is -0.379 e. The summed E-state index contributed by atoms with van der Waals surface area (Å²) < 4.78 is 5.47. The number of nitrogens with one attached hydrogen (secondary N) is 1. The van der Waals surface area contributed by atoms with Gasteiger partial charge in [0.25, 0.3) is 5.91 Å². The SMILES string of the molecule is CCc1ccc(C(=O)NC[C@@H](c2ccccc2)N2CCOCC2)cc1. The fourth-order valence-electron chi connectivity index (χ4n) is 3.21. The summed E-state index contributed by atoms with van der Waals surface area (Å²) in [6.45, 7) is 5.98. The number of rotatable bonds is 6. The van der Waals surface area contributed by atoms with Gasteiger partial charge in [0.1, 0.15) is 0 Å². The normalized spacial score (nSPS) is 16.4. The standard InChI is InChI=1S/C21H26N2O2/c1-2-17-8-10-19(11-9-17)21(24)22-16-20(18-6-4-3-5-7-18)23-12-14-25-15-13-23/h3-11,20H,2,12-16H2,1H3,(H,22,24)/t20-/m0/s1. The third-order valence-corrected chi connectivity index (χ3v) is 4.75. The molecule has 0 bridgehead atoms. The molecule has 132 valence electrons. The van der Waals surface area contributed by atoms with Crippen LogP contribution in [0.15, 0.2) is 54.6 Å². The molecule has 1 amide bonds. The van der Waals surface area contributed by atoms with E-state index >= 15 is 0 Å². The Morgan fingerprint density at radius 1 is 1.08 bits per heavy atom. The van der Waals surface area contributed by atoms with Crippen LogP contribution >= 0.6 is 0 Å². The number of carbonyl (C=O) groups excluding carboxylic acids is 1. The van der Waals surface area contributed by atoms with Crippen molar-refractivity contribution < 1.29 is 9.53 Å². The molecule has 25 heavy (non-hydrogen) atoms. The summed E-state index contributed by atoms with van der Waals surface area (Å²) in [5.41, 5.74) is 3.18. The summed E-state index contributed by atoms with van der Waals surface area (Å²) in [6.07, 6.45) is 0.981. The van der Waals surface area contributed by atoms with Crippen molar-refractivity contribution in [1.82, 2.24) is 10.2 Å². The zero-order valence-corrected chi connectivity index (χ0v) is 14.8. The molecule has 4 nitrogen and oxygen atoms in total. The number of carbonyl (C=O) groups is 1. The monoisotopic (exact) mass is 338 g/mol. The van der Waals surface area contributed by atoms with Crippen molar-refractivity contribution in [1.29, 1.82) is 0 Å². The van der Waals surface area contributed by atoms with Crippen LogP contribution in [0.2, 0.25) is 0 Å². The summed E-state index contributed by atoms with van der Waals surface area (Å²) in [5, 5.41) is 3.11. The Hall–Kier alpha value is -2.17. The molecule has 1 fully saturated rings. The van der Waals surface area contributed by atoms with Gasteiger partial charge in [-0.3, -0.25) is 9.69 Å². The topological polar surface area (TPSA) is 41.6 Å². The van der Waals surface area contributed by atoms with Crippen molar-refractivity contribution in [3.05, 3.63) is 71.3 Å². The molecule has 1 aliphatic rings. The molecule has 0 saturated carbocycles. The molecular weight excluding hydrogens is 312 g/mol. The zero-order valence-electron chi connectivity index (χ0n) is 14.8. The predicted octanol–water partition coefficient (Wildman–Crippen LogP) is 3.05. The van der Waals surface area contributed by atoms with Crippen LogP contribution in [-0.2, 0) is 11.2 Å². The Balaban J connectivity index is 1.68. The van der Waals surface area contributed by atoms with E-state index in [1.165, 1.54) is 11.1 Å². The van der Waals surface area contributed by atoms with Crippen molar-refractivity contribution in [3.8, 4) is 0 Å². The summed E-state index contributed by atoms with van der Waals surface area (Å²) in [6, 6.07) is 18.4. The van der Waals surface area contributed by atoms with Gasteiger partial charge < -0.3 is 10.1 Å². The highest BCUT2D eigenvalue weighted by molar-refractivity contribution is 5.94. The fraction of sp³-hybridized carbons (Fsp3) is 0.381. The molecule has 2 aromatic rings. The van der Waals surface area contributed by atoms with E-state index in [0.717, 1.165) is 32.7 Å². The van der Waals surface area contributed by atoms with Gasteiger partial charge in [0.15, 0.2) is 0 Å². The predicted molar refractivity (Wildman–Crippen MR) is 99.7 cm³/mol. The molecule has 4 heteroatoms. The molecule has 1 aliphatic heterocycles. The van der Waals surface area contributed by atoms with Crippen LogP contribution in [0.1, 0.15) is 34.5 Å². The van der Waals surface area contributed by atoms with Gasteiger partial charge in [0.05, 0.1) is 19.3 Å². The molecule has 1 atom stereocenters. The highest BCUT2D eigenvalue weighted by atomic mass is 16.5. The summed E-state index contributed by atoms with van der Waals surface area (Å²) in [4.78, 5) is 14.9. The maximum atomic E-state index is 12.5. The second kappa shape index (κ2) is 8.79. The van der Waals surface area contributed by atoms with E-state index in [4.69, 9.17) is 4.74 Å². The molecule has 1 N–H and O–H groups in total. The number of hydrogen-bond acceptors (Lipinski definition) is 3. The lowest BCUT2D eigenvalue weighted by Gasteiger charge is -2.35. The van der Waals surface area contributed by atoms with Crippen molar-refractivity contribution >= 4 is 5.91 Å². The summed E-state index contributed by atoms with van der Waals surface area (Å²) in [7, 11) is 0. The van der Waals surface area contributed by atoms with Crippen molar-refractivity contribution in [2.45, 2.75) is 19.4 Å². The van der Waals surface area contributed by atoms with Crippen LogP contribution in [0.5, 0.6) is 0 Å². The van der Waals surface area contributed by atoms with Gasteiger partial charge in [-0.05, 0) is 29.7 Å². The molecular formula is C21H26N2O2. The van der Waals surface area contributed by atoms with Crippen molar-refractivity contribution in [3.63, 3.8) is 0 Å². The van der Waals surface area contributed by atoms with E-state index in [1.54, 1.807) is 0 Å². The van der Waals surface area contributed by atoms with Gasteiger partial charge in [0.2, 0.25) is 0 Å². The van der Waals surface area contributed by atoms with Crippen molar-refractivity contribution in [2.75, 3.05) is 32.8 Å². The smallest absolute Gasteiger partial charge is 0.251 e. The Morgan fingerprint density at radius 2 is 1.76 bits per heavy atom. The number of aryl methyl sites for hydroxylation is 1. The van der Waals surface area contributed by atoms with Gasteiger partial charge in [0, 0.05) is 25.2 Å². The highest BCUT2D eigenvalue weighted by Gasteiger charge is 2.23. The maximum absolute atomic E-state index is 12.5. The number of ether oxygens (including phenoxy) is 1. The van der Waals surface area contributed by atoms with Gasteiger partial charge in [-0.2, -0.15) is 0 Å². The Labute approximate surface area is 149 Å². The largest absolute Gasteiger partial charge is 0.379 e. The number of benzene rings is 2. The molecule has 0 radical (unpaired) electrons. The first kappa shape index (κ1) is 17.6. The molecule has 0 unspecified atom stereocenters. The van der Waals surface area contributed by atoms with E-state index < -0.39 is 0 Å². The Bertz CT molecular complexity index is 664. The first-order valence-corrected chi connectivity index (χ1v) is 9.02. The van der Waals surface area contributed by atoms with Gasteiger partial charge >= 0.3 is 0 Å². The number of nitrogens with zero attached hydrogens (tertiary/aromatic N) is 1. The second-order valence-electron chi connectivity index (χ2n) is 6.34. The van der Waals surface area contributed by atoms with E-state index in [0.29, 0.717) is 12.1 Å². The Kier molecular flexibility index (Phi) is 6.20. The lowest BCUT2D eigenvalue weighted by Crippen LogP contribution is -2.43. The van der Waals surface area contributed by atoms with Gasteiger partial charge in [-0.15, -0.1) is 0 Å². The maximum Gasteiger partial charge on any atom is 0.251 e. The van der Waals surface area contributed by atoms with E-state index in [2.05, 4.69) is 29.3 Å². The van der Waals surface area contributed by atoms with E-state index in [-0.39, 0.29) is 11.9 Å². The molecule has 0 spiro atoms. The van der Waals surface area contributed by atoms with Gasteiger partial charge in [-0.1, -0.05) is 49.4 Å². The summed E-state index contributed by atoms with van der Waals surface area (Å²) >= 11 is 0. The number of morpholine rings is 1. The number of hydrogen-bond donors (Lipinski definition) is 1. The average molecular weight is 338 g/mol. The first-order chi connectivity index (χ1) is 12.3. The molecule has 2 aromatic carbocycles. The van der Waals surface area contributed by atoms with Crippen LogP contribution in [0.3, 0.4) is 0 Å². The fourth-order valence-corrected chi connectivity index (χ4v) is 3.21. The average Bonchev–Trinajstić information content (AvgIpc) is 2.70. The minimum absolute atomic E-state index is 0.0168. The van der Waals surface area contributed by atoms with Gasteiger partial charge in [-0.25, -0.2) is 0 Å². The third kappa shape index (κ3) is 4.68. The minimum atomic E-state index is -0.0168. The zero-order chi connectivity index (χ0) is 17.5. The van der Waals surface area contributed by atoms with E-state index in [9.17, 15) is 4.79 Å². The first-order valence-electron chi connectivity index (χ1n) is 9.02. The van der Waals surface area contributed by atoms with E-state index in [1.807, 2.05) is 42.5 Å². The van der Waals surface area contributed by atoms with Crippen LogP contribution in [-0.4, -0.2) is 43.7 Å². The molecule has 3 rings (SSSR count). The molecule has 0 aliphatic carbocycles. The molecule has 1 heterocycles. The molecule has 0 aromatic heterocycles. The Morgan fingerprint density at radius 3 is 2.40 bits per heavy atom. The van der Waals surface area contributed by atoms with Crippen LogP contribution in [0.25, 0.3) is 0 Å². The van der Waals surface area contributed by atoms with Crippen LogP contribution in [0, 0.1) is 0 Å². The quantitative estimate of drug-likeness (QED) is 0.880. The number of amides is 1. The second-order valence-corrected chi connectivity index (χ2v) is 6.34. The highest BCUT2D eigenvalue weighted by Crippen LogP contribution is 2.21. The van der Waals surface area contributed by atoms with Crippen molar-refractivity contribution in [2.24, 2.45) is 0 Å². The van der Waals surface area contributed by atoms with Crippen LogP contribution < -0.4 is 5.32 Å².